The molecule has 1 aromatic heterocycles. The second-order valence-corrected chi connectivity index (χ2v) is 5.27. The molecule has 0 radical (unpaired) electrons. The molecular formula is C17H16N2O4. The molecule has 1 N–H and O–H groups in total. The summed E-state index contributed by atoms with van der Waals surface area (Å²) in [4.78, 5) is 7.94. The largest absolute Gasteiger partial charge is 0.493 e. The maximum atomic E-state index is 5.39. The Balaban J connectivity index is 1.65. The molecule has 0 saturated carbocycles. The van der Waals surface area contributed by atoms with Gasteiger partial charge in [-0.2, -0.15) is 0 Å². The van der Waals surface area contributed by atoms with Crippen molar-refractivity contribution in [3.8, 4) is 23.0 Å². The number of imidazole rings is 1. The second kappa shape index (κ2) is 5.39. The summed E-state index contributed by atoms with van der Waals surface area (Å²) in [5.41, 5.74) is 2.89. The molecule has 0 spiro atoms. The summed E-state index contributed by atoms with van der Waals surface area (Å²) in [5, 5.41) is 0. The highest BCUT2D eigenvalue weighted by Crippen LogP contribution is 2.35. The van der Waals surface area contributed by atoms with Gasteiger partial charge in [-0.1, -0.05) is 6.07 Å². The van der Waals surface area contributed by atoms with Crippen molar-refractivity contribution in [3.63, 3.8) is 0 Å². The normalized spacial score (nSPS) is 12.6. The number of hydrogen-bond acceptors (Lipinski definition) is 5. The zero-order valence-corrected chi connectivity index (χ0v) is 12.9. The summed E-state index contributed by atoms with van der Waals surface area (Å²) in [5.74, 6) is 3.78. The van der Waals surface area contributed by atoms with Gasteiger partial charge in [0, 0.05) is 18.6 Å². The lowest BCUT2D eigenvalue weighted by molar-refractivity contribution is 0.174. The smallest absolute Gasteiger partial charge is 0.231 e. The highest BCUT2D eigenvalue weighted by molar-refractivity contribution is 5.80. The van der Waals surface area contributed by atoms with Gasteiger partial charge >= 0.3 is 0 Å². The minimum Gasteiger partial charge on any atom is -0.493 e. The third-order valence-corrected chi connectivity index (χ3v) is 3.84. The molecule has 2 aromatic carbocycles. The first-order valence-corrected chi connectivity index (χ1v) is 7.26. The summed E-state index contributed by atoms with van der Waals surface area (Å²) in [6, 6.07) is 9.67. The first-order chi connectivity index (χ1) is 11.3. The maximum absolute atomic E-state index is 5.39. The van der Waals surface area contributed by atoms with E-state index in [1.54, 1.807) is 14.2 Å². The SMILES string of the molecule is COc1ccc(Cc2nc3cc4c(cc3[nH]2)OCO4)cc1OC. The number of aromatic amines is 1. The Morgan fingerprint density at radius 2 is 1.83 bits per heavy atom. The number of fused-ring (bicyclic) bond motifs is 2. The van der Waals surface area contributed by atoms with Crippen LogP contribution in [0, 0.1) is 0 Å². The maximum Gasteiger partial charge on any atom is 0.231 e. The first kappa shape index (κ1) is 13.8. The lowest BCUT2D eigenvalue weighted by atomic mass is 10.1. The fourth-order valence-corrected chi connectivity index (χ4v) is 2.72. The monoisotopic (exact) mass is 312 g/mol. The van der Waals surface area contributed by atoms with Crippen molar-refractivity contribution in [1.82, 2.24) is 9.97 Å². The van der Waals surface area contributed by atoms with Crippen LogP contribution in [-0.4, -0.2) is 31.0 Å². The molecule has 0 saturated heterocycles. The van der Waals surface area contributed by atoms with Gasteiger partial charge in [0.1, 0.15) is 5.82 Å². The van der Waals surface area contributed by atoms with Crippen LogP contribution in [0.3, 0.4) is 0 Å². The zero-order valence-electron chi connectivity index (χ0n) is 12.9. The molecule has 2 heterocycles. The predicted molar refractivity (Wildman–Crippen MR) is 84.6 cm³/mol. The van der Waals surface area contributed by atoms with Crippen molar-refractivity contribution in [2.75, 3.05) is 21.0 Å². The third kappa shape index (κ3) is 2.42. The van der Waals surface area contributed by atoms with Crippen LogP contribution in [-0.2, 0) is 6.42 Å². The molecule has 4 rings (SSSR count). The van der Waals surface area contributed by atoms with Crippen molar-refractivity contribution in [2.45, 2.75) is 6.42 Å². The molecule has 118 valence electrons. The van der Waals surface area contributed by atoms with E-state index in [1.165, 1.54) is 0 Å². The summed E-state index contributed by atoms with van der Waals surface area (Å²) < 4.78 is 21.4. The van der Waals surface area contributed by atoms with E-state index < -0.39 is 0 Å². The number of rotatable bonds is 4. The molecular weight excluding hydrogens is 296 g/mol. The Morgan fingerprint density at radius 1 is 1.04 bits per heavy atom. The van der Waals surface area contributed by atoms with Crippen molar-refractivity contribution >= 4 is 11.0 Å². The summed E-state index contributed by atoms with van der Waals surface area (Å²) in [7, 11) is 3.25. The Labute approximate surface area is 133 Å². The van der Waals surface area contributed by atoms with E-state index in [9.17, 15) is 0 Å². The van der Waals surface area contributed by atoms with Crippen LogP contribution < -0.4 is 18.9 Å². The lowest BCUT2D eigenvalue weighted by Crippen LogP contribution is -1.95. The van der Waals surface area contributed by atoms with Crippen LogP contribution in [0.25, 0.3) is 11.0 Å². The van der Waals surface area contributed by atoms with Crippen LogP contribution in [0.15, 0.2) is 30.3 Å². The first-order valence-electron chi connectivity index (χ1n) is 7.26. The number of hydrogen-bond donors (Lipinski definition) is 1. The van der Waals surface area contributed by atoms with Gasteiger partial charge in [-0.25, -0.2) is 4.98 Å². The van der Waals surface area contributed by atoms with Crippen molar-refractivity contribution < 1.29 is 18.9 Å². The number of benzene rings is 2. The fraction of sp³-hybridized carbons (Fsp3) is 0.235. The average Bonchev–Trinajstić information content (AvgIpc) is 3.17. The van der Waals surface area contributed by atoms with Gasteiger partial charge in [0.15, 0.2) is 23.0 Å². The van der Waals surface area contributed by atoms with Crippen molar-refractivity contribution in [1.29, 1.82) is 0 Å². The van der Waals surface area contributed by atoms with Crippen LogP contribution in [0.5, 0.6) is 23.0 Å². The zero-order chi connectivity index (χ0) is 15.8. The standard InChI is InChI=1S/C17H16N2O4/c1-20-13-4-3-10(5-14(13)21-2)6-17-18-11-7-15-16(23-9-22-15)8-12(11)19-17/h3-5,7-8H,6,9H2,1-2H3,(H,18,19). The summed E-state index contributed by atoms with van der Waals surface area (Å²) >= 11 is 0. The van der Waals surface area contributed by atoms with E-state index in [4.69, 9.17) is 18.9 Å². The van der Waals surface area contributed by atoms with Gasteiger partial charge in [-0.15, -0.1) is 0 Å². The third-order valence-electron chi connectivity index (χ3n) is 3.84. The molecule has 6 heteroatoms. The van der Waals surface area contributed by atoms with E-state index in [0.717, 1.165) is 33.9 Å². The molecule has 23 heavy (non-hydrogen) atoms. The van der Waals surface area contributed by atoms with E-state index in [0.29, 0.717) is 17.9 Å². The number of methoxy groups -OCH3 is 2. The number of nitrogens with zero attached hydrogens (tertiary/aromatic N) is 1. The Hall–Kier alpha value is -2.89. The second-order valence-electron chi connectivity index (χ2n) is 5.27. The van der Waals surface area contributed by atoms with Gasteiger partial charge in [-0.05, 0) is 17.7 Å². The van der Waals surface area contributed by atoms with Gasteiger partial charge in [-0.3, -0.25) is 0 Å². The number of nitrogens with one attached hydrogen (secondary N) is 1. The van der Waals surface area contributed by atoms with E-state index in [1.807, 2.05) is 30.3 Å². The van der Waals surface area contributed by atoms with E-state index in [-0.39, 0.29) is 6.79 Å². The molecule has 1 aliphatic heterocycles. The van der Waals surface area contributed by atoms with E-state index >= 15 is 0 Å². The molecule has 1 aliphatic rings. The Bertz CT molecular complexity index is 831. The summed E-state index contributed by atoms with van der Waals surface area (Å²) in [6.45, 7) is 0.264. The minimum atomic E-state index is 0.264. The van der Waals surface area contributed by atoms with Crippen LogP contribution in [0.1, 0.15) is 11.4 Å². The highest BCUT2D eigenvalue weighted by atomic mass is 16.7. The molecule has 0 amide bonds. The number of H-pyrrole nitrogens is 1. The minimum absolute atomic E-state index is 0.264. The lowest BCUT2D eigenvalue weighted by Gasteiger charge is -2.08. The Morgan fingerprint density at radius 3 is 2.61 bits per heavy atom. The van der Waals surface area contributed by atoms with Crippen molar-refractivity contribution in [3.05, 3.63) is 41.7 Å². The Kier molecular flexibility index (Phi) is 3.22. The average molecular weight is 312 g/mol. The molecule has 0 aliphatic carbocycles. The van der Waals surface area contributed by atoms with Crippen LogP contribution in [0.2, 0.25) is 0 Å². The van der Waals surface area contributed by atoms with Crippen LogP contribution >= 0.6 is 0 Å². The molecule has 0 atom stereocenters. The molecule has 0 bridgehead atoms. The van der Waals surface area contributed by atoms with Gasteiger partial charge in [0.05, 0.1) is 25.3 Å². The summed E-state index contributed by atoms with van der Waals surface area (Å²) in [6.07, 6.45) is 0.668. The highest BCUT2D eigenvalue weighted by Gasteiger charge is 2.16. The molecule has 3 aromatic rings. The van der Waals surface area contributed by atoms with Crippen LogP contribution in [0.4, 0.5) is 0 Å². The molecule has 0 fully saturated rings. The topological polar surface area (TPSA) is 65.6 Å². The number of ether oxygens (including phenoxy) is 4. The predicted octanol–water partition coefficient (Wildman–Crippen LogP) is 2.90. The van der Waals surface area contributed by atoms with Crippen molar-refractivity contribution in [2.24, 2.45) is 0 Å². The van der Waals surface area contributed by atoms with Gasteiger partial charge in [0.2, 0.25) is 6.79 Å². The quantitative estimate of drug-likeness (QED) is 0.802. The molecule has 0 unspecified atom stereocenters. The number of aromatic nitrogens is 2. The van der Waals surface area contributed by atoms with E-state index in [2.05, 4.69) is 9.97 Å². The fourth-order valence-electron chi connectivity index (χ4n) is 2.72. The van der Waals surface area contributed by atoms with Gasteiger partial charge < -0.3 is 23.9 Å². The van der Waals surface area contributed by atoms with Gasteiger partial charge in [0.25, 0.3) is 0 Å². The molecule has 6 nitrogen and oxygen atoms in total.